The van der Waals surface area contributed by atoms with Gasteiger partial charge in [0.1, 0.15) is 0 Å². The van der Waals surface area contributed by atoms with E-state index in [4.69, 9.17) is 9.88 Å². The molecule has 2 aromatic heterocycles. The second-order valence-corrected chi connectivity index (χ2v) is 10.6. The van der Waals surface area contributed by atoms with Crippen LogP contribution in [0.4, 0.5) is 0 Å². The minimum Gasteiger partial charge on any atom is -0.370 e. The fourth-order valence-electron chi connectivity index (χ4n) is 4.10. The summed E-state index contributed by atoms with van der Waals surface area (Å²) in [6, 6.07) is 2.37. The molecule has 4 rings (SSSR count). The van der Waals surface area contributed by atoms with E-state index in [2.05, 4.69) is 28.2 Å². The fourth-order valence-corrected chi connectivity index (χ4v) is 5.72. The molecule has 2 aromatic rings. The number of nitrogens with zero attached hydrogens (tertiary/aromatic N) is 4. The first-order valence-electron chi connectivity index (χ1n) is 9.75. The largest absolute Gasteiger partial charge is 0.370 e. The zero-order valence-electron chi connectivity index (χ0n) is 16.1. The molecule has 0 aliphatic carbocycles. The molecule has 0 saturated carbocycles. The van der Waals surface area contributed by atoms with Crippen molar-refractivity contribution in [2.45, 2.75) is 51.3 Å². The molecule has 10 heteroatoms. The molecule has 0 bridgehead atoms. The molecule has 28 heavy (non-hydrogen) atoms. The van der Waals surface area contributed by atoms with Crippen molar-refractivity contribution in [3.8, 4) is 0 Å². The lowest BCUT2D eigenvalue weighted by Crippen LogP contribution is -2.45. The minimum atomic E-state index is -3.49. The van der Waals surface area contributed by atoms with E-state index in [0.29, 0.717) is 6.54 Å². The van der Waals surface area contributed by atoms with Crippen molar-refractivity contribution in [2.75, 3.05) is 25.4 Å². The number of ether oxygens (including phenoxy) is 1. The highest BCUT2D eigenvalue weighted by Gasteiger charge is 2.41. The van der Waals surface area contributed by atoms with Gasteiger partial charge in [0.2, 0.25) is 10.0 Å². The zero-order valence-corrected chi connectivity index (χ0v) is 17.8. The maximum Gasteiger partial charge on any atom is 0.210 e. The van der Waals surface area contributed by atoms with Gasteiger partial charge in [-0.25, -0.2) is 13.6 Å². The van der Waals surface area contributed by atoms with Crippen LogP contribution in [0.1, 0.15) is 40.8 Å². The lowest BCUT2D eigenvalue weighted by molar-refractivity contribution is -0.0982. The molecule has 0 atom stereocenters. The van der Waals surface area contributed by atoms with Gasteiger partial charge in [0.15, 0.2) is 0 Å². The van der Waals surface area contributed by atoms with Crippen molar-refractivity contribution >= 4 is 21.4 Å². The third-order valence-electron chi connectivity index (χ3n) is 5.65. The van der Waals surface area contributed by atoms with Crippen LogP contribution >= 0.6 is 11.3 Å². The van der Waals surface area contributed by atoms with Crippen molar-refractivity contribution in [3.05, 3.63) is 33.3 Å². The molecule has 4 heterocycles. The Kier molecular flexibility index (Phi) is 5.58. The molecule has 8 nitrogen and oxygen atoms in total. The van der Waals surface area contributed by atoms with E-state index in [9.17, 15) is 8.42 Å². The van der Waals surface area contributed by atoms with E-state index in [1.165, 1.54) is 15.3 Å². The molecule has 0 amide bonds. The summed E-state index contributed by atoms with van der Waals surface area (Å²) >= 11 is 1.95. The number of piperidine rings is 1. The van der Waals surface area contributed by atoms with Crippen LogP contribution in [0.2, 0.25) is 0 Å². The van der Waals surface area contributed by atoms with Gasteiger partial charge in [0.25, 0.3) is 0 Å². The van der Waals surface area contributed by atoms with Crippen LogP contribution in [0.25, 0.3) is 0 Å². The molecule has 1 spiro atoms. The molecular weight excluding hydrogens is 398 g/mol. The van der Waals surface area contributed by atoms with E-state index >= 15 is 0 Å². The van der Waals surface area contributed by atoms with Gasteiger partial charge in [-0.15, -0.1) is 16.4 Å². The topological polar surface area (TPSA) is 103 Å². The number of hydrogen-bond acceptors (Lipinski definition) is 7. The van der Waals surface area contributed by atoms with Crippen molar-refractivity contribution in [1.29, 1.82) is 0 Å². The molecule has 0 radical (unpaired) electrons. The Balaban J connectivity index is 1.37. The summed E-state index contributed by atoms with van der Waals surface area (Å²) in [6.07, 6.45) is 5.89. The first kappa shape index (κ1) is 20.0. The number of aromatic nitrogens is 3. The Morgan fingerprint density at radius 1 is 1.36 bits per heavy atom. The molecule has 0 unspecified atom stereocenters. The second kappa shape index (κ2) is 7.83. The number of thiophene rings is 1. The highest BCUT2D eigenvalue weighted by molar-refractivity contribution is 7.89. The number of likely N-dealkylation sites (tertiary alicyclic amines) is 1. The van der Waals surface area contributed by atoms with Crippen LogP contribution in [0.5, 0.6) is 0 Å². The van der Waals surface area contributed by atoms with Crippen molar-refractivity contribution in [3.63, 3.8) is 0 Å². The molecule has 154 valence electrons. The Labute approximate surface area is 169 Å². The summed E-state index contributed by atoms with van der Waals surface area (Å²) in [5.41, 5.74) is 2.15. The number of primary sulfonamides is 1. The Morgan fingerprint density at radius 3 is 2.86 bits per heavy atom. The molecule has 1 fully saturated rings. The van der Waals surface area contributed by atoms with Crippen LogP contribution in [-0.2, 0) is 46.3 Å². The summed E-state index contributed by atoms with van der Waals surface area (Å²) < 4.78 is 30.0. The van der Waals surface area contributed by atoms with Gasteiger partial charge in [-0.05, 0) is 30.9 Å². The Hall–Kier alpha value is -1.33. The van der Waals surface area contributed by atoms with Gasteiger partial charge in [-0.1, -0.05) is 12.1 Å². The van der Waals surface area contributed by atoms with Crippen LogP contribution in [0.3, 0.4) is 0 Å². The van der Waals surface area contributed by atoms with Crippen LogP contribution in [0.15, 0.2) is 12.3 Å². The van der Waals surface area contributed by atoms with Crippen molar-refractivity contribution in [1.82, 2.24) is 19.9 Å². The third-order valence-corrected chi connectivity index (χ3v) is 7.74. The maximum atomic E-state index is 11.1. The Bertz CT molecular complexity index is 929. The smallest absolute Gasteiger partial charge is 0.210 e. The SMILES string of the molecule is CCc1cc2c(s1)CCOC21CCN(Cc2cn(CCS(N)(=O)=O)nn2)CC1. The van der Waals surface area contributed by atoms with Crippen LogP contribution in [-0.4, -0.2) is 53.8 Å². The number of fused-ring (bicyclic) bond motifs is 2. The third kappa shape index (κ3) is 4.30. The number of nitrogens with two attached hydrogens (primary N) is 1. The lowest BCUT2D eigenvalue weighted by Gasteiger charge is -2.44. The summed E-state index contributed by atoms with van der Waals surface area (Å²) in [5, 5.41) is 13.2. The Morgan fingerprint density at radius 2 is 2.14 bits per heavy atom. The predicted octanol–water partition coefficient (Wildman–Crippen LogP) is 1.25. The van der Waals surface area contributed by atoms with E-state index in [1.807, 2.05) is 11.3 Å². The molecular formula is C18H27N5O3S2. The van der Waals surface area contributed by atoms with Gasteiger partial charge >= 0.3 is 0 Å². The van der Waals surface area contributed by atoms with Gasteiger partial charge in [0, 0.05) is 42.0 Å². The lowest BCUT2D eigenvalue weighted by atomic mass is 9.82. The number of aryl methyl sites for hydroxylation is 2. The number of rotatable bonds is 6. The van der Waals surface area contributed by atoms with Gasteiger partial charge in [-0.3, -0.25) is 9.58 Å². The average Bonchev–Trinajstić information content (AvgIpc) is 3.29. The van der Waals surface area contributed by atoms with Crippen LogP contribution in [0, 0.1) is 0 Å². The predicted molar refractivity (Wildman–Crippen MR) is 108 cm³/mol. The van der Waals surface area contributed by atoms with Crippen molar-refractivity contribution < 1.29 is 13.2 Å². The number of hydrogen-bond donors (Lipinski definition) is 1. The van der Waals surface area contributed by atoms with Gasteiger partial charge < -0.3 is 4.74 Å². The highest BCUT2D eigenvalue weighted by atomic mass is 32.2. The van der Waals surface area contributed by atoms with E-state index in [-0.39, 0.29) is 17.9 Å². The highest BCUT2D eigenvalue weighted by Crippen LogP contribution is 2.44. The summed E-state index contributed by atoms with van der Waals surface area (Å²) in [6.45, 7) is 5.85. The molecule has 0 aromatic carbocycles. The second-order valence-electron chi connectivity index (χ2n) is 7.61. The summed E-state index contributed by atoms with van der Waals surface area (Å²) in [7, 11) is -3.49. The number of sulfonamides is 1. The summed E-state index contributed by atoms with van der Waals surface area (Å²) in [4.78, 5) is 5.33. The molecule has 1 saturated heterocycles. The van der Waals surface area contributed by atoms with E-state index in [1.54, 1.807) is 10.9 Å². The van der Waals surface area contributed by atoms with Crippen molar-refractivity contribution in [2.24, 2.45) is 5.14 Å². The first-order valence-corrected chi connectivity index (χ1v) is 12.3. The van der Waals surface area contributed by atoms with E-state index < -0.39 is 10.0 Å². The maximum absolute atomic E-state index is 11.1. The van der Waals surface area contributed by atoms with E-state index in [0.717, 1.165) is 51.1 Å². The quantitative estimate of drug-likeness (QED) is 0.747. The standard InChI is InChI=1S/C18H27N5O3S2/c1-2-15-11-16-17(27-15)3-9-26-18(16)4-6-22(7-5-18)12-14-13-23(21-20-14)8-10-28(19,24)25/h11,13H,2-10,12H2,1H3,(H2,19,24,25). The molecule has 2 aliphatic rings. The first-order chi connectivity index (χ1) is 13.4. The molecule has 2 N–H and O–H groups in total. The van der Waals surface area contributed by atoms with Gasteiger partial charge in [-0.2, -0.15) is 0 Å². The fraction of sp³-hybridized carbons (Fsp3) is 0.667. The minimum absolute atomic E-state index is 0.124. The normalized spacial score (nSPS) is 19.8. The molecule has 2 aliphatic heterocycles. The zero-order chi connectivity index (χ0) is 19.8. The monoisotopic (exact) mass is 425 g/mol. The van der Waals surface area contributed by atoms with Gasteiger partial charge in [0.05, 0.1) is 30.2 Å². The van der Waals surface area contributed by atoms with Crippen LogP contribution < -0.4 is 5.14 Å². The summed E-state index contributed by atoms with van der Waals surface area (Å²) in [5.74, 6) is -0.137. The average molecular weight is 426 g/mol.